The van der Waals surface area contributed by atoms with Crippen LogP contribution in [0, 0.1) is 0 Å². The Morgan fingerprint density at radius 3 is 2.59 bits per heavy atom. The summed E-state index contributed by atoms with van der Waals surface area (Å²) in [6.07, 6.45) is 1.56. The average Bonchev–Trinajstić information content (AvgIpc) is 2.83. The fourth-order valence-corrected chi connectivity index (χ4v) is 1.75. The highest BCUT2D eigenvalue weighted by molar-refractivity contribution is 5.14. The van der Waals surface area contributed by atoms with Crippen LogP contribution in [-0.4, -0.2) is 28.3 Å². The SMILES string of the molecule is OCCN(Cc1ccccc1)Cc1ccon1. The number of aromatic nitrogens is 1. The summed E-state index contributed by atoms with van der Waals surface area (Å²) >= 11 is 0. The van der Waals surface area contributed by atoms with Crippen LogP contribution >= 0.6 is 0 Å². The summed E-state index contributed by atoms with van der Waals surface area (Å²) in [6.45, 7) is 2.26. The minimum atomic E-state index is 0.144. The molecule has 0 aliphatic rings. The molecular formula is C13H16N2O2. The Balaban J connectivity index is 1.97. The van der Waals surface area contributed by atoms with E-state index in [1.54, 1.807) is 6.26 Å². The van der Waals surface area contributed by atoms with Gasteiger partial charge in [0, 0.05) is 25.7 Å². The average molecular weight is 232 g/mol. The summed E-state index contributed by atoms with van der Waals surface area (Å²) in [5.74, 6) is 0. The van der Waals surface area contributed by atoms with E-state index in [-0.39, 0.29) is 6.61 Å². The molecule has 0 amide bonds. The van der Waals surface area contributed by atoms with E-state index in [1.165, 1.54) is 5.56 Å². The van der Waals surface area contributed by atoms with E-state index in [9.17, 15) is 0 Å². The van der Waals surface area contributed by atoms with Crippen LogP contribution in [0.25, 0.3) is 0 Å². The predicted octanol–water partition coefficient (Wildman–Crippen LogP) is 1.67. The molecule has 0 atom stereocenters. The highest BCUT2D eigenvalue weighted by Crippen LogP contribution is 2.08. The molecule has 1 heterocycles. The largest absolute Gasteiger partial charge is 0.395 e. The normalized spacial score (nSPS) is 10.9. The zero-order chi connectivity index (χ0) is 11.9. The van der Waals surface area contributed by atoms with Crippen molar-refractivity contribution in [3.05, 3.63) is 53.9 Å². The summed E-state index contributed by atoms with van der Waals surface area (Å²) in [7, 11) is 0. The van der Waals surface area contributed by atoms with Crippen LogP contribution in [0.5, 0.6) is 0 Å². The van der Waals surface area contributed by atoms with Crippen molar-refractivity contribution in [3.8, 4) is 0 Å². The summed E-state index contributed by atoms with van der Waals surface area (Å²) in [5, 5.41) is 12.9. The van der Waals surface area contributed by atoms with Crippen LogP contribution in [0.3, 0.4) is 0 Å². The molecule has 0 unspecified atom stereocenters. The maximum Gasteiger partial charge on any atom is 0.124 e. The molecule has 0 bridgehead atoms. The Hall–Kier alpha value is -1.65. The predicted molar refractivity (Wildman–Crippen MR) is 64.1 cm³/mol. The summed E-state index contributed by atoms with van der Waals surface area (Å²) in [4.78, 5) is 2.13. The van der Waals surface area contributed by atoms with E-state index in [0.29, 0.717) is 13.1 Å². The molecule has 17 heavy (non-hydrogen) atoms. The van der Waals surface area contributed by atoms with E-state index in [1.807, 2.05) is 24.3 Å². The third-order valence-corrected chi connectivity index (χ3v) is 2.54. The zero-order valence-electron chi connectivity index (χ0n) is 9.62. The Bertz CT molecular complexity index is 414. The maximum atomic E-state index is 9.06. The molecule has 90 valence electrons. The van der Waals surface area contributed by atoms with Crippen molar-refractivity contribution in [2.24, 2.45) is 0 Å². The van der Waals surface area contributed by atoms with Gasteiger partial charge < -0.3 is 9.63 Å². The molecule has 2 aromatic rings. The monoisotopic (exact) mass is 232 g/mol. The van der Waals surface area contributed by atoms with Gasteiger partial charge in [-0.3, -0.25) is 4.90 Å². The van der Waals surface area contributed by atoms with Gasteiger partial charge in [0.2, 0.25) is 0 Å². The van der Waals surface area contributed by atoms with Crippen LogP contribution in [0.15, 0.2) is 47.2 Å². The van der Waals surface area contributed by atoms with Gasteiger partial charge >= 0.3 is 0 Å². The number of nitrogens with zero attached hydrogens (tertiary/aromatic N) is 2. The van der Waals surface area contributed by atoms with Gasteiger partial charge in [0.15, 0.2) is 0 Å². The maximum absolute atomic E-state index is 9.06. The Labute approximate surface area is 100 Å². The zero-order valence-corrected chi connectivity index (χ0v) is 9.62. The second kappa shape index (κ2) is 6.18. The number of aliphatic hydroxyl groups is 1. The lowest BCUT2D eigenvalue weighted by molar-refractivity contribution is 0.181. The molecular weight excluding hydrogens is 216 g/mol. The van der Waals surface area contributed by atoms with Crippen molar-refractivity contribution < 1.29 is 9.63 Å². The summed E-state index contributed by atoms with van der Waals surface area (Å²) in [5.41, 5.74) is 2.11. The lowest BCUT2D eigenvalue weighted by Gasteiger charge is -2.19. The first-order valence-corrected chi connectivity index (χ1v) is 5.65. The summed E-state index contributed by atoms with van der Waals surface area (Å²) in [6, 6.07) is 12.0. The van der Waals surface area contributed by atoms with Gasteiger partial charge in [0.25, 0.3) is 0 Å². The number of aliphatic hydroxyl groups excluding tert-OH is 1. The lowest BCUT2D eigenvalue weighted by Crippen LogP contribution is -2.26. The Morgan fingerprint density at radius 2 is 1.94 bits per heavy atom. The first kappa shape index (κ1) is 11.8. The molecule has 1 N–H and O–H groups in total. The van der Waals surface area contributed by atoms with Crippen molar-refractivity contribution in [3.63, 3.8) is 0 Å². The minimum Gasteiger partial charge on any atom is -0.395 e. The summed E-state index contributed by atoms with van der Waals surface area (Å²) < 4.78 is 4.80. The number of hydrogen-bond acceptors (Lipinski definition) is 4. The highest BCUT2D eigenvalue weighted by atomic mass is 16.5. The van der Waals surface area contributed by atoms with E-state index in [2.05, 4.69) is 22.2 Å². The van der Waals surface area contributed by atoms with Crippen LogP contribution in [0.2, 0.25) is 0 Å². The van der Waals surface area contributed by atoms with E-state index < -0.39 is 0 Å². The van der Waals surface area contributed by atoms with Crippen molar-refractivity contribution in [1.82, 2.24) is 10.1 Å². The third kappa shape index (κ3) is 3.69. The molecule has 4 heteroatoms. The quantitative estimate of drug-likeness (QED) is 0.823. The Morgan fingerprint density at radius 1 is 1.12 bits per heavy atom. The standard InChI is InChI=1S/C13H16N2O2/c16-8-7-15(11-13-6-9-17-14-13)10-12-4-2-1-3-5-12/h1-6,9,16H,7-8,10-11H2. The third-order valence-electron chi connectivity index (χ3n) is 2.54. The van der Waals surface area contributed by atoms with Gasteiger partial charge in [0.1, 0.15) is 6.26 Å². The molecule has 0 aliphatic heterocycles. The fourth-order valence-electron chi connectivity index (χ4n) is 1.75. The smallest absolute Gasteiger partial charge is 0.124 e. The van der Waals surface area contributed by atoms with Crippen molar-refractivity contribution in [2.75, 3.05) is 13.2 Å². The van der Waals surface area contributed by atoms with Crippen molar-refractivity contribution >= 4 is 0 Å². The van der Waals surface area contributed by atoms with Crippen LogP contribution in [0.1, 0.15) is 11.3 Å². The van der Waals surface area contributed by atoms with E-state index in [4.69, 9.17) is 9.63 Å². The minimum absolute atomic E-state index is 0.144. The molecule has 4 nitrogen and oxygen atoms in total. The Kier molecular flexibility index (Phi) is 4.30. The molecule has 0 spiro atoms. The van der Waals surface area contributed by atoms with Gasteiger partial charge in [-0.25, -0.2) is 0 Å². The highest BCUT2D eigenvalue weighted by Gasteiger charge is 2.08. The second-order valence-electron chi connectivity index (χ2n) is 3.91. The van der Waals surface area contributed by atoms with Gasteiger partial charge in [-0.05, 0) is 5.56 Å². The van der Waals surface area contributed by atoms with Crippen LogP contribution < -0.4 is 0 Å². The van der Waals surface area contributed by atoms with Gasteiger partial charge in [-0.2, -0.15) is 0 Å². The van der Waals surface area contributed by atoms with Crippen molar-refractivity contribution in [2.45, 2.75) is 13.1 Å². The molecule has 1 aromatic carbocycles. The first-order valence-electron chi connectivity index (χ1n) is 5.65. The van der Waals surface area contributed by atoms with Gasteiger partial charge in [-0.1, -0.05) is 35.5 Å². The molecule has 0 fully saturated rings. The molecule has 0 saturated heterocycles. The lowest BCUT2D eigenvalue weighted by atomic mass is 10.2. The molecule has 0 saturated carbocycles. The molecule has 2 rings (SSSR count). The van der Waals surface area contributed by atoms with Gasteiger partial charge in [-0.15, -0.1) is 0 Å². The van der Waals surface area contributed by atoms with Crippen LogP contribution in [0.4, 0.5) is 0 Å². The van der Waals surface area contributed by atoms with E-state index in [0.717, 1.165) is 12.2 Å². The number of benzene rings is 1. The number of rotatable bonds is 6. The number of hydrogen-bond donors (Lipinski definition) is 1. The first-order chi connectivity index (χ1) is 8.38. The van der Waals surface area contributed by atoms with Crippen molar-refractivity contribution in [1.29, 1.82) is 0 Å². The second-order valence-corrected chi connectivity index (χ2v) is 3.91. The molecule has 0 radical (unpaired) electrons. The van der Waals surface area contributed by atoms with Crippen LogP contribution in [-0.2, 0) is 13.1 Å². The molecule has 1 aromatic heterocycles. The van der Waals surface area contributed by atoms with Gasteiger partial charge in [0.05, 0.1) is 12.3 Å². The van der Waals surface area contributed by atoms with E-state index >= 15 is 0 Å². The fraction of sp³-hybridized carbons (Fsp3) is 0.308. The molecule has 0 aliphatic carbocycles. The topological polar surface area (TPSA) is 49.5 Å².